The van der Waals surface area contributed by atoms with Crippen LogP contribution in [0.25, 0.3) is 0 Å². The molecule has 5 heteroatoms. The SMILES string of the molecule is Cc1cc(Br)ccc1C(=O)Nc1cc(Cl)ccc1N. The zero-order chi connectivity index (χ0) is 14.0. The van der Waals surface area contributed by atoms with Gasteiger partial charge in [0.15, 0.2) is 0 Å². The maximum absolute atomic E-state index is 12.2. The first-order chi connectivity index (χ1) is 8.97. The normalized spacial score (nSPS) is 10.3. The summed E-state index contributed by atoms with van der Waals surface area (Å²) in [5.41, 5.74) is 8.27. The Bertz CT molecular complexity index is 643. The Balaban J connectivity index is 2.28. The Kier molecular flexibility index (Phi) is 4.12. The number of carbonyl (C=O) groups is 1. The molecule has 0 aliphatic carbocycles. The third kappa shape index (κ3) is 3.28. The van der Waals surface area contributed by atoms with Gasteiger partial charge >= 0.3 is 0 Å². The second-order valence-electron chi connectivity index (χ2n) is 4.14. The summed E-state index contributed by atoms with van der Waals surface area (Å²) in [4.78, 5) is 12.2. The lowest BCUT2D eigenvalue weighted by molar-refractivity contribution is 0.102. The second-order valence-corrected chi connectivity index (χ2v) is 5.50. The van der Waals surface area contributed by atoms with E-state index in [1.165, 1.54) is 0 Å². The highest BCUT2D eigenvalue weighted by atomic mass is 79.9. The molecule has 2 rings (SSSR count). The van der Waals surface area contributed by atoms with Gasteiger partial charge in [-0.25, -0.2) is 0 Å². The molecule has 0 aromatic heterocycles. The van der Waals surface area contributed by atoms with E-state index in [-0.39, 0.29) is 5.91 Å². The van der Waals surface area contributed by atoms with Crippen molar-refractivity contribution < 1.29 is 4.79 Å². The summed E-state index contributed by atoms with van der Waals surface area (Å²) in [6.45, 7) is 1.88. The minimum atomic E-state index is -0.209. The molecule has 98 valence electrons. The number of aryl methyl sites for hydroxylation is 1. The first kappa shape index (κ1) is 13.9. The number of anilines is 2. The number of nitrogens with two attached hydrogens (primary N) is 1. The number of carbonyl (C=O) groups excluding carboxylic acids is 1. The van der Waals surface area contributed by atoms with Crippen LogP contribution < -0.4 is 11.1 Å². The molecule has 0 radical (unpaired) electrons. The van der Waals surface area contributed by atoms with E-state index < -0.39 is 0 Å². The first-order valence-electron chi connectivity index (χ1n) is 5.60. The molecule has 0 aliphatic rings. The molecule has 1 amide bonds. The highest BCUT2D eigenvalue weighted by Gasteiger charge is 2.11. The van der Waals surface area contributed by atoms with E-state index in [9.17, 15) is 4.79 Å². The Hall–Kier alpha value is -1.52. The van der Waals surface area contributed by atoms with Gasteiger partial charge in [-0.15, -0.1) is 0 Å². The number of nitrogen functional groups attached to an aromatic ring is 1. The molecule has 0 bridgehead atoms. The molecule has 0 spiro atoms. The van der Waals surface area contributed by atoms with Crippen LogP contribution in [0.1, 0.15) is 15.9 Å². The van der Waals surface area contributed by atoms with E-state index >= 15 is 0 Å². The quantitative estimate of drug-likeness (QED) is 0.804. The van der Waals surface area contributed by atoms with Crippen LogP contribution in [-0.4, -0.2) is 5.91 Å². The van der Waals surface area contributed by atoms with E-state index in [0.29, 0.717) is 22.0 Å². The molecule has 0 unspecified atom stereocenters. The Morgan fingerprint density at radius 2 is 2.00 bits per heavy atom. The van der Waals surface area contributed by atoms with E-state index in [1.807, 2.05) is 19.1 Å². The summed E-state index contributed by atoms with van der Waals surface area (Å²) < 4.78 is 0.934. The molecule has 0 aliphatic heterocycles. The molecular weight excluding hydrogens is 328 g/mol. The molecule has 2 aromatic carbocycles. The lowest BCUT2D eigenvalue weighted by Crippen LogP contribution is -2.14. The van der Waals surface area contributed by atoms with Crippen molar-refractivity contribution in [1.29, 1.82) is 0 Å². The fraction of sp³-hybridized carbons (Fsp3) is 0.0714. The van der Waals surface area contributed by atoms with Gasteiger partial charge in [0.25, 0.3) is 5.91 Å². The van der Waals surface area contributed by atoms with Gasteiger partial charge in [-0.2, -0.15) is 0 Å². The highest BCUT2D eigenvalue weighted by molar-refractivity contribution is 9.10. The topological polar surface area (TPSA) is 55.1 Å². The van der Waals surface area contributed by atoms with Crippen LogP contribution in [0.15, 0.2) is 40.9 Å². The lowest BCUT2D eigenvalue weighted by Gasteiger charge is -2.10. The van der Waals surface area contributed by atoms with Crippen LogP contribution in [0.5, 0.6) is 0 Å². The fourth-order valence-corrected chi connectivity index (χ4v) is 2.36. The first-order valence-corrected chi connectivity index (χ1v) is 6.77. The third-order valence-corrected chi connectivity index (χ3v) is 3.42. The van der Waals surface area contributed by atoms with Gasteiger partial charge in [0.2, 0.25) is 0 Å². The number of hydrogen-bond donors (Lipinski definition) is 2. The van der Waals surface area contributed by atoms with E-state index in [0.717, 1.165) is 10.0 Å². The Labute approximate surface area is 124 Å². The third-order valence-electron chi connectivity index (χ3n) is 2.70. The van der Waals surface area contributed by atoms with Gasteiger partial charge < -0.3 is 11.1 Å². The molecule has 0 heterocycles. The van der Waals surface area contributed by atoms with Crippen molar-refractivity contribution in [1.82, 2.24) is 0 Å². The van der Waals surface area contributed by atoms with Crippen LogP contribution >= 0.6 is 27.5 Å². The maximum atomic E-state index is 12.2. The molecule has 0 saturated heterocycles. The number of amides is 1. The van der Waals surface area contributed by atoms with Crippen LogP contribution in [0.2, 0.25) is 5.02 Å². The number of rotatable bonds is 2. The van der Waals surface area contributed by atoms with Crippen molar-refractivity contribution in [3.8, 4) is 0 Å². The molecule has 3 nitrogen and oxygen atoms in total. The Morgan fingerprint density at radius 1 is 1.26 bits per heavy atom. The summed E-state index contributed by atoms with van der Waals surface area (Å²) in [6, 6.07) is 10.4. The highest BCUT2D eigenvalue weighted by Crippen LogP contribution is 2.24. The molecule has 0 atom stereocenters. The molecule has 2 aromatic rings. The van der Waals surface area contributed by atoms with Crippen molar-refractivity contribution in [3.05, 3.63) is 57.0 Å². The summed E-state index contributed by atoms with van der Waals surface area (Å²) in [5, 5.41) is 3.29. The van der Waals surface area contributed by atoms with Crippen molar-refractivity contribution in [2.45, 2.75) is 6.92 Å². The van der Waals surface area contributed by atoms with Crippen LogP contribution in [0, 0.1) is 6.92 Å². The van der Waals surface area contributed by atoms with Crippen molar-refractivity contribution >= 4 is 44.8 Å². The molecule has 0 fully saturated rings. The zero-order valence-corrected chi connectivity index (χ0v) is 12.5. The minimum Gasteiger partial charge on any atom is -0.397 e. The average Bonchev–Trinajstić information content (AvgIpc) is 2.33. The summed E-state index contributed by atoms with van der Waals surface area (Å²) in [5.74, 6) is -0.209. The Morgan fingerprint density at radius 3 is 2.68 bits per heavy atom. The van der Waals surface area contributed by atoms with E-state index in [4.69, 9.17) is 17.3 Å². The molecule has 3 N–H and O–H groups in total. The van der Waals surface area contributed by atoms with Gasteiger partial charge in [-0.3, -0.25) is 4.79 Å². The number of halogens is 2. The summed E-state index contributed by atoms with van der Waals surface area (Å²) in [6.07, 6.45) is 0. The van der Waals surface area contributed by atoms with Gasteiger partial charge in [0.1, 0.15) is 0 Å². The molecular formula is C14H12BrClN2O. The predicted molar refractivity (Wildman–Crippen MR) is 82.7 cm³/mol. The number of benzene rings is 2. The molecule has 0 saturated carbocycles. The van der Waals surface area contributed by atoms with E-state index in [2.05, 4.69) is 21.2 Å². The monoisotopic (exact) mass is 338 g/mol. The second kappa shape index (κ2) is 5.63. The van der Waals surface area contributed by atoms with Gasteiger partial charge in [-0.1, -0.05) is 27.5 Å². The van der Waals surface area contributed by atoms with E-state index in [1.54, 1.807) is 24.3 Å². The lowest BCUT2D eigenvalue weighted by atomic mass is 10.1. The molecule has 19 heavy (non-hydrogen) atoms. The fourth-order valence-electron chi connectivity index (χ4n) is 1.71. The van der Waals surface area contributed by atoms with Crippen LogP contribution in [0.4, 0.5) is 11.4 Å². The minimum absolute atomic E-state index is 0.209. The largest absolute Gasteiger partial charge is 0.397 e. The summed E-state index contributed by atoms with van der Waals surface area (Å²) >= 11 is 9.25. The standard InChI is InChI=1S/C14H12BrClN2O/c1-8-6-9(15)2-4-11(8)14(19)18-13-7-10(16)3-5-12(13)17/h2-7H,17H2,1H3,(H,18,19). The van der Waals surface area contributed by atoms with Crippen LogP contribution in [0.3, 0.4) is 0 Å². The van der Waals surface area contributed by atoms with Crippen molar-refractivity contribution in [2.75, 3.05) is 11.1 Å². The average molecular weight is 340 g/mol. The van der Waals surface area contributed by atoms with Gasteiger partial charge in [0, 0.05) is 15.1 Å². The maximum Gasteiger partial charge on any atom is 0.255 e. The smallest absolute Gasteiger partial charge is 0.255 e. The van der Waals surface area contributed by atoms with Crippen LogP contribution in [-0.2, 0) is 0 Å². The number of nitrogens with one attached hydrogen (secondary N) is 1. The van der Waals surface area contributed by atoms with Crippen molar-refractivity contribution in [2.24, 2.45) is 0 Å². The summed E-state index contributed by atoms with van der Waals surface area (Å²) in [7, 11) is 0. The zero-order valence-electron chi connectivity index (χ0n) is 10.2. The van der Waals surface area contributed by atoms with Crippen molar-refractivity contribution in [3.63, 3.8) is 0 Å². The van der Waals surface area contributed by atoms with Gasteiger partial charge in [0.05, 0.1) is 11.4 Å². The number of hydrogen-bond acceptors (Lipinski definition) is 2. The van der Waals surface area contributed by atoms with Gasteiger partial charge in [-0.05, 0) is 48.9 Å². The predicted octanol–water partition coefficient (Wildman–Crippen LogP) is 4.25.